The van der Waals surface area contributed by atoms with Crippen molar-refractivity contribution in [1.29, 1.82) is 0 Å². The molecule has 0 saturated carbocycles. The fraction of sp³-hybridized carbons (Fsp3) is 0.364. The Labute approximate surface area is 93.4 Å². The summed E-state index contributed by atoms with van der Waals surface area (Å²) in [6.45, 7) is 1.70. The number of thioether (sulfide) groups is 1. The van der Waals surface area contributed by atoms with E-state index in [1.165, 1.54) is 10.5 Å². The van der Waals surface area contributed by atoms with Gasteiger partial charge in [0.1, 0.15) is 0 Å². The zero-order chi connectivity index (χ0) is 10.8. The zero-order valence-electron chi connectivity index (χ0n) is 8.57. The Hall–Kier alpha value is -1.00. The molecule has 2 atom stereocenters. The van der Waals surface area contributed by atoms with Gasteiger partial charge in [0.15, 0.2) is 0 Å². The van der Waals surface area contributed by atoms with Crippen molar-refractivity contribution in [3.05, 3.63) is 29.8 Å². The van der Waals surface area contributed by atoms with Gasteiger partial charge in [0.05, 0.1) is 12.1 Å². The van der Waals surface area contributed by atoms with Crippen LogP contribution >= 0.6 is 11.8 Å². The lowest BCUT2D eigenvalue weighted by atomic mass is 10.1. The third-order valence-corrected chi connectivity index (χ3v) is 3.61. The largest absolute Gasteiger partial charge is 0.347 e. The van der Waals surface area contributed by atoms with Crippen molar-refractivity contribution in [3.63, 3.8) is 0 Å². The molecule has 0 aliphatic carbocycles. The number of nitrogens with one attached hydrogen (secondary N) is 1. The summed E-state index contributed by atoms with van der Waals surface area (Å²) in [5, 5.41) is 2.95. The number of carbonyl (C=O) groups is 1. The van der Waals surface area contributed by atoms with Crippen LogP contribution < -0.4 is 11.1 Å². The average Bonchev–Trinajstić information content (AvgIpc) is 2.62. The van der Waals surface area contributed by atoms with Crippen LogP contribution in [-0.2, 0) is 4.79 Å². The van der Waals surface area contributed by atoms with Crippen LogP contribution in [0.3, 0.4) is 0 Å². The monoisotopic (exact) mass is 222 g/mol. The first-order chi connectivity index (χ1) is 7.18. The fourth-order valence-electron chi connectivity index (χ4n) is 1.59. The number of nitrogens with two attached hydrogens (primary N) is 1. The van der Waals surface area contributed by atoms with E-state index in [0.29, 0.717) is 0 Å². The molecule has 0 aromatic heterocycles. The van der Waals surface area contributed by atoms with Crippen molar-refractivity contribution in [2.75, 3.05) is 5.75 Å². The Balaban J connectivity index is 2.11. The minimum absolute atomic E-state index is 0.0858. The standard InChI is InChI=1S/C11H14N2OS/c1-7(12)11(14)13-9-6-15-10-5-3-2-4-8(9)10/h2-5,7,9H,6,12H2,1H3,(H,13,14). The minimum atomic E-state index is -0.442. The summed E-state index contributed by atoms with van der Waals surface area (Å²) in [7, 11) is 0. The third-order valence-electron chi connectivity index (χ3n) is 2.43. The summed E-state index contributed by atoms with van der Waals surface area (Å²) >= 11 is 1.77. The quantitative estimate of drug-likeness (QED) is 0.793. The SMILES string of the molecule is CC(N)C(=O)NC1CSc2ccccc21. The van der Waals surface area contributed by atoms with E-state index in [9.17, 15) is 4.79 Å². The molecule has 3 N–H and O–H groups in total. The van der Waals surface area contributed by atoms with E-state index in [0.717, 1.165) is 5.75 Å². The zero-order valence-corrected chi connectivity index (χ0v) is 9.38. The molecule has 4 heteroatoms. The molecular formula is C11H14N2OS. The molecule has 80 valence electrons. The molecule has 0 bridgehead atoms. The molecular weight excluding hydrogens is 208 g/mol. The average molecular weight is 222 g/mol. The maximum atomic E-state index is 11.5. The number of carbonyl (C=O) groups excluding carboxylic acids is 1. The highest BCUT2D eigenvalue weighted by atomic mass is 32.2. The van der Waals surface area contributed by atoms with Gasteiger partial charge in [0, 0.05) is 10.6 Å². The summed E-state index contributed by atoms with van der Waals surface area (Å²) in [6, 6.07) is 7.82. The van der Waals surface area contributed by atoms with Gasteiger partial charge < -0.3 is 11.1 Å². The fourth-order valence-corrected chi connectivity index (χ4v) is 2.75. The second-order valence-corrected chi connectivity index (χ2v) is 4.76. The maximum Gasteiger partial charge on any atom is 0.237 e. The predicted molar refractivity (Wildman–Crippen MR) is 61.7 cm³/mol. The van der Waals surface area contributed by atoms with Gasteiger partial charge in [-0.1, -0.05) is 18.2 Å². The van der Waals surface area contributed by atoms with Gasteiger partial charge in [-0.15, -0.1) is 11.8 Å². The number of benzene rings is 1. The Kier molecular flexibility index (Phi) is 2.98. The molecule has 0 fully saturated rings. The molecule has 1 amide bonds. The summed E-state index contributed by atoms with van der Waals surface area (Å²) in [6.07, 6.45) is 0. The molecule has 0 radical (unpaired) electrons. The first kappa shape index (κ1) is 10.5. The summed E-state index contributed by atoms with van der Waals surface area (Å²) < 4.78 is 0. The van der Waals surface area contributed by atoms with E-state index in [4.69, 9.17) is 5.73 Å². The molecule has 1 heterocycles. The topological polar surface area (TPSA) is 55.1 Å². The van der Waals surface area contributed by atoms with Crippen LogP contribution in [0.1, 0.15) is 18.5 Å². The van der Waals surface area contributed by atoms with Gasteiger partial charge in [0.2, 0.25) is 5.91 Å². The van der Waals surface area contributed by atoms with Crippen molar-refractivity contribution < 1.29 is 4.79 Å². The maximum absolute atomic E-state index is 11.5. The summed E-state index contributed by atoms with van der Waals surface area (Å²) in [5.74, 6) is 0.815. The normalized spacial score (nSPS) is 20.8. The van der Waals surface area contributed by atoms with E-state index < -0.39 is 6.04 Å². The van der Waals surface area contributed by atoms with Crippen molar-refractivity contribution in [2.45, 2.75) is 23.9 Å². The second-order valence-electron chi connectivity index (χ2n) is 3.70. The molecule has 3 nitrogen and oxygen atoms in total. The lowest BCUT2D eigenvalue weighted by Gasteiger charge is -2.14. The molecule has 15 heavy (non-hydrogen) atoms. The van der Waals surface area contributed by atoms with Crippen molar-refractivity contribution in [1.82, 2.24) is 5.32 Å². The van der Waals surface area contributed by atoms with E-state index in [-0.39, 0.29) is 11.9 Å². The molecule has 0 saturated heterocycles. The second kappa shape index (κ2) is 4.24. The van der Waals surface area contributed by atoms with Gasteiger partial charge >= 0.3 is 0 Å². The van der Waals surface area contributed by atoms with Gasteiger partial charge in [-0.05, 0) is 18.6 Å². The molecule has 1 aromatic rings. The smallest absolute Gasteiger partial charge is 0.237 e. The molecule has 2 unspecified atom stereocenters. The van der Waals surface area contributed by atoms with Gasteiger partial charge in [-0.2, -0.15) is 0 Å². The predicted octanol–water partition coefficient (Wildman–Crippen LogP) is 1.30. The lowest BCUT2D eigenvalue weighted by Crippen LogP contribution is -2.40. The Morgan fingerprint density at radius 2 is 2.33 bits per heavy atom. The molecule has 2 rings (SSSR count). The van der Waals surface area contributed by atoms with E-state index in [1.54, 1.807) is 18.7 Å². The van der Waals surface area contributed by atoms with Crippen LogP contribution in [0.5, 0.6) is 0 Å². The summed E-state index contributed by atoms with van der Waals surface area (Å²) in [5.41, 5.74) is 6.72. The van der Waals surface area contributed by atoms with Crippen LogP contribution in [0, 0.1) is 0 Å². The number of hydrogen-bond donors (Lipinski definition) is 2. The number of rotatable bonds is 2. The molecule has 1 aliphatic rings. The van der Waals surface area contributed by atoms with Crippen LogP contribution in [0.25, 0.3) is 0 Å². The van der Waals surface area contributed by atoms with E-state index >= 15 is 0 Å². The van der Waals surface area contributed by atoms with Crippen LogP contribution in [0.15, 0.2) is 29.2 Å². The number of fused-ring (bicyclic) bond motifs is 1. The van der Waals surface area contributed by atoms with Crippen molar-refractivity contribution in [3.8, 4) is 0 Å². The number of amides is 1. The van der Waals surface area contributed by atoms with Crippen molar-refractivity contribution >= 4 is 17.7 Å². The Morgan fingerprint density at radius 3 is 3.07 bits per heavy atom. The third kappa shape index (κ3) is 2.16. The highest BCUT2D eigenvalue weighted by Gasteiger charge is 2.24. The van der Waals surface area contributed by atoms with Crippen LogP contribution in [0.4, 0.5) is 0 Å². The van der Waals surface area contributed by atoms with Gasteiger partial charge in [-0.25, -0.2) is 0 Å². The molecule has 0 spiro atoms. The van der Waals surface area contributed by atoms with Crippen molar-refractivity contribution in [2.24, 2.45) is 5.73 Å². The van der Waals surface area contributed by atoms with Gasteiger partial charge in [0.25, 0.3) is 0 Å². The minimum Gasteiger partial charge on any atom is -0.347 e. The highest BCUT2D eigenvalue weighted by molar-refractivity contribution is 7.99. The summed E-state index contributed by atoms with van der Waals surface area (Å²) in [4.78, 5) is 12.7. The lowest BCUT2D eigenvalue weighted by molar-refractivity contribution is -0.122. The van der Waals surface area contributed by atoms with E-state index in [2.05, 4.69) is 17.4 Å². The highest BCUT2D eigenvalue weighted by Crippen LogP contribution is 2.37. The molecule has 1 aliphatic heterocycles. The molecule has 1 aromatic carbocycles. The Bertz CT molecular complexity index is 379. The van der Waals surface area contributed by atoms with Crippen LogP contribution in [0.2, 0.25) is 0 Å². The first-order valence-electron chi connectivity index (χ1n) is 4.96. The van der Waals surface area contributed by atoms with Gasteiger partial charge in [-0.3, -0.25) is 4.79 Å². The number of hydrogen-bond acceptors (Lipinski definition) is 3. The first-order valence-corrected chi connectivity index (χ1v) is 5.94. The Morgan fingerprint density at radius 1 is 1.60 bits per heavy atom. The van der Waals surface area contributed by atoms with E-state index in [1.807, 2.05) is 12.1 Å². The van der Waals surface area contributed by atoms with Crippen LogP contribution in [-0.4, -0.2) is 17.7 Å².